The Bertz CT molecular complexity index is 141. The highest BCUT2D eigenvalue weighted by molar-refractivity contribution is 7.99. The number of hydrogen-bond donors (Lipinski definition) is 0. The molecule has 1 fully saturated rings. The standard InChI is InChI=1S/C8H14NOS/c1-7(2)8(10)9-3-5-11-6-4-9/h7H,1,3-6H2,2H3. The molecule has 63 valence electrons. The summed E-state index contributed by atoms with van der Waals surface area (Å²) < 4.78 is 0. The maximum Gasteiger partial charge on any atom is 0.225 e. The molecule has 1 aliphatic rings. The van der Waals surface area contributed by atoms with Crippen molar-refractivity contribution in [3.63, 3.8) is 0 Å². The summed E-state index contributed by atoms with van der Waals surface area (Å²) in [5, 5.41) is 0. The SMILES string of the molecule is [CH2]C(C)C(=O)N1CCSCC1. The molecule has 0 spiro atoms. The van der Waals surface area contributed by atoms with Crippen LogP contribution >= 0.6 is 11.8 Å². The van der Waals surface area contributed by atoms with Crippen LogP contribution < -0.4 is 0 Å². The third-order valence-corrected chi connectivity index (χ3v) is 2.69. The van der Waals surface area contributed by atoms with Crippen molar-refractivity contribution in [3.05, 3.63) is 6.92 Å². The van der Waals surface area contributed by atoms with Gasteiger partial charge in [0.05, 0.1) is 0 Å². The van der Waals surface area contributed by atoms with Crippen LogP contribution in [-0.2, 0) is 4.79 Å². The second-order valence-corrected chi connectivity index (χ2v) is 4.06. The highest BCUT2D eigenvalue weighted by Gasteiger charge is 2.18. The Morgan fingerprint density at radius 1 is 1.55 bits per heavy atom. The molecule has 0 aromatic heterocycles. The zero-order chi connectivity index (χ0) is 8.27. The first-order chi connectivity index (χ1) is 5.22. The van der Waals surface area contributed by atoms with Gasteiger partial charge in [0.25, 0.3) is 0 Å². The van der Waals surface area contributed by atoms with Crippen LogP contribution in [-0.4, -0.2) is 35.4 Å². The van der Waals surface area contributed by atoms with Gasteiger partial charge in [-0.15, -0.1) is 0 Å². The molecule has 1 rings (SSSR count). The summed E-state index contributed by atoms with van der Waals surface area (Å²) >= 11 is 1.91. The van der Waals surface area contributed by atoms with Crippen molar-refractivity contribution in [1.82, 2.24) is 4.90 Å². The number of nitrogens with zero attached hydrogens (tertiary/aromatic N) is 1. The van der Waals surface area contributed by atoms with E-state index >= 15 is 0 Å². The van der Waals surface area contributed by atoms with Crippen LogP contribution in [0.3, 0.4) is 0 Å². The molecule has 2 nitrogen and oxygen atoms in total. The first kappa shape index (κ1) is 8.91. The van der Waals surface area contributed by atoms with Gasteiger partial charge in [0.15, 0.2) is 0 Å². The van der Waals surface area contributed by atoms with Gasteiger partial charge in [0.1, 0.15) is 0 Å². The second-order valence-electron chi connectivity index (χ2n) is 2.84. The molecule has 11 heavy (non-hydrogen) atoms. The summed E-state index contributed by atoms with van der Waals surface area (Å²) in [6.07, 6.45) is 0. The zero-order valence-corrected chi connectivity index (χ0v) is 7.69. The van der Waals surface area contributed by atoms with Gasteiger partial charge in [0.2, 0.25) is 5.91 Å². The van der Waals surface area contributed by atoms with Gasteiger partial charge in [-0.3, -0.25) is 4.79 Å². The first-order valence-corrected chi connectivity index (χ1v) is 5.07. The average Bonchev–Trinajstić information content (AvgIpc) is 2.05. The monoisotopic (exact) mass is 172 g/mol. The molecule has 0 bridgehead atoms. The molecule has 0 N–H and O–H groups in total. The molecule has 0 saturated carbocycles. The van der Waals surface area contributed by atoms with Crippen molar-refractivity contribution in [2.45, 2.75) is 6.92 Å². The van der Waals surface area contributed by atoms with Crippen molar-refractivity contribution in [2.24, 2.45) is 5.92 Å². The molecular weight excluding hydrogens is 158 g/mol. The van der Waals surface area contributed by atoms with Crippen molar-refractivity contribution < 1.29 is 4.79 Å². The molecule has 1 amide bonds. The summed E-state index contributed by atoms with van der Waals surface area (Å²) in [5.41, 5.74) is 0. The molecule has 1 unspecified atom stereocenters. The molecule has 0 aromatic rings. The van der Waals surface area contributed by atoms with E-state index in [1.54, 1.807) is 0 Å². The Morgan fingerprint density at radius 2 is 2.09 bits per heavy atom. The molecular formula is C8H14NOS. The molecule has 1 heterocycles. The van der Waals surface area contributed by atoms with E-state index in [0.29, 0.717) is 0 Å². The minimum Gasteiger partial charge on any atom is -0.341 e. The van der Waals surface area contributed by atoms with Gasteiger partial charge >= 0.3 is 0 Å². The van der Waals surface area contributed by atoms with Crippen molar-refractivity contribution >= 4 is 17.7 Å². The minimum atomic E-state index is -0.0851. The maximum absolute atomic E-state index is 11.4. The predicted octanol–water partition coefficient (Wildman–Crippen LogP) is 1.03. The van der Waals surface area contributed by atoms with Gasteiger partial charge in [-0.25, -0.2) is 0 Å². The lowest BCUT2D eigenvalue weighted by Crippen LogP contribution is -2.40. The molecule has 1 radical (unpaired) electrons. The third-order valence-electron chi connectivity index (χ3n) is 1.74. The van der Waals surface area contributed by atoms with Gasteiger partial charge in [-0.2, -0.15) is 11.8 Å². The zero-order valence-electron chi connectivity index (χ0n) is 6.88. The number of carbonyl (C=O) groups excluding carboxylic acids is 1. The first-order valence-electron chi connectivity index (χ1n) is 3.91. The maximum atomic E-state index is 11.4. The summed E-state index contributed by atoms with van der Waals surface area (Å²) in [6, 6.07) is 0. The Kier molecular flexibility index (Phi) is 3.24. The van der Waals surface area contributed by atoms with E-state index in [0.717, 1.165) is 24.6 Å². The van der Waals surface area contributed by atoms with Gasteiger partial charge in [0, 0.05) is 30.5 Å². The van der Waals surface area contributed by atoms with Crippen LogP contribution in [0, 0.1) is 12.8 Å². The average molecular weight is 172 g/mol. The van der Waals surface area contributed by atoms with Crippen LogP contribution in [0.2, 0.25) is 0 Å². The molecule has 0 aromatic carbocycles. The molecule has 1 saturated heterocycles. The van der Waals surface area contributed by atoms with E-state index in [2.05, 4.69) is 6.92 Å². The number of carbonyl (C=O) groups is 1. The third kappa shape index (κ3) is 2.40. The Labute approximate surface area is 72.3 Å². The van der Waals surface area contributed by atoms with E-state index in [1.807, 2.05) is 23.6 Å². The smallest absolute Gasteiger partial charge is 0.225 e. The Balaban J connectivity index is 2.39. The van der Waals surface area contributed by atoms with Gasteiger partial charge in [-0.05, 0) is 6.92 Å². The van der Waals surface area contributed by atoms with Gasteiger partial charge in [-0.1, -0.05) is 6.92 Å². The molecule has 0 aliphatic carbocycles. The largest absolute Gasteiger partial charge is 0.341 e. The topological polar surface area (TPSA) is 20.3 Å². The normalized spacial score (nSPS) is 19.0. The fourth-order valence-corrected chi connectivity index (χ4v) is 2.00. The van der Waals surface area contributed by atoms with Crippen LogP contribution in [0.5, 0.6) is 0 Å². The van der Waals surface area contributed by atoms with Crippen LogP contribution in [0.15, 0.2) is 0 Å². The second kappa shape index (κ2) is 4.00. The van der Waals surface area contributed by atoms with Crippen molar-refractivity contribution in [2.75, 3.05) is 24.6 Å². The van der Waals surface area contributed by atoms with Crippen molar-refractivity contribution in [1.29, 1.82) is 0 Å². The quantitative estimate of drug-likeness (QED) is 0.589. The van der Waals surface area contributed by atoms with Crippen LogP contribution in [0.1, 0.15) is 6.92 Å². The van der Waals surface area contributed by atoms with E-state index < -0.39 is 0 Å². The lowest BCUT2D eigenvalue weighted by atomic mass is 10.2. The Morgan fingerprint density at radius 3 is 2.55 bits per heavy atom. The Hall–Kier alpha value is -0.180. The molecule has 1 aliphatic heterocycles. The molecule has 3 heteroatoms. The summed E-state index contributed by atoms with van der Waals surface area (Å²) in [4.78, 5) is 13.3. The lowest BCUT2D eigenvalue weighted by molar-refractivity contribution is -0.133. The predicted molar refractivity (Wildman–Crippen MR) is 48.4 cm³/mol. The summed E-state index contributed by atoms with van der Waals surface area (Å²) in [5.74, 6) is 2.28. The van der Waals surface area contributed by atoms with E-state index in [9.17, 15) is 4.79 Å². The number of thioether (sulfide) groups is 1. The van der Waals surface area contributed by atoms with Gasteiger partial charge < -0.3 is 4.90 Å². The highest BCUT2D eigenvalue weighted by atomic mass is 32.2. The lowest BCUT2D eigenvalue weighted by Gasteiger charge is -2.27. The number of amides is 1. The molecule has 1 atom stereocenters. The van der Waals surface area contributed by atoms with Crippen LogP contribution in [0.25, 0.3) is 0 Å². The van der Waals surface area contributed by atoms with E-state index in [-0.39, 0.29) is 11.8 Å². The highest BCUT2D eigenvalue weighted by Crippen LogP contribution is 2.11. The fourth-order valence-electron chi connectivity index (χ4n) is 1.10. The summed E-state index contributed by atoms with van der Waals surface area (Å²) in [7, 11) is 0. The van der Waals surface area contributed by atoms with E-state index in [1.165, 1.54) is 0 Å². The number of rotatable bonds is 1. The fraction of sp³-hybridized carbons (Fsp3) is 0.750. The number of hydrogen-bond acceptors (Lipinski definition) is 2. The van der Waals surface area contributed by atoms with Crippen LogP contribution in [0.4, 0.5) is 0 Å². The minimum absolute atomic E-state index is 0.0851. The van der Waals surface area contributed by atoms with Crippen molar-refractivity contribution in [3.8, 4) is 0 Å². The summed E-state index contributed by atoms with van der Waals surface area (Å²) in [6.45, 7) is 7.38. The van der Waals surface area contributed by atoms with E-state index in [4.69, 9.17) is 0 Å².